The maximum absolute atomic E-state index is 9.79. The van der Waals surface area contributed by atoms with Gasteiger partial charge in [-0.25, -0.2) is 4.79 Å². The van der Waals surface area contributed by atoms with E-state index in [9.17, 15) is 4.79 Å². The minimum atomic E-state index is -1.22. The Labute approximate surface area is 64.2 Å². The number of carbonyl (C=O) groups is 1. The van der Waals surface area contributed by atoms with Crippen LogP contribution >= 0.6 is 0 Å². The highest BCUT2D eigenvalue weighted by atomic mass is 16.7. The second-order valence-corrected chi connectivity index (χ2v) is 2.58. The van der Waals surface area contributed by atoms with Gasteiger partial charge in [0.25, 0.3) is 0 Å². The molecule has 0 radical (unpaired) electrons. The van der Waals surface area contributed by atoms with Crippen molar-refractivity contribution in [3.8, 4) is 0 Å². The van der Waals surface area contributed by atoms with Crippen LogP contribution in [0.2, 0.25) is 0 Å². The maximum Gasteiger partial charge on any atom is 0.506 e. The van der Waals surface area contributed by atoms with Gasteiger partial charge in [0, 0.05) is 0 Å². The summed E-state index contributed by atoms with van der Waals surface area (Å²) in [5.74, 6) is 0. The average molecular weight is 161 g/mol. The molecule has 0 aliphatic rings. The van der Waals surface area contributed by atoms with Crippen LogP contribution in [0.25, 0.3) is 10.4 Å². The largest absolute Gasteiger partial charge is 0.506 e. The van der Waals surface area contributed by atoms with E-state index in [0.717, 1.165) is 0 Å². The molecule has 6 heteroatoms. The summed E-state index contributed by atoms with van der Waals surface area (Å²) >= 11 is 0. The molecule has 0 heterocycles. The number of ether oxygens (including phenoxy) is 1. The number of hydrogen-bond donors (Lipinski definition) is 2. The fraction of sp³-hybridized carbons (Fsp3) is 0.800. The normalized spacial score (nSPS) is 8.64. The van der Waals surface area contributed by atoms with Crippen molar-refractivity contribution in [2.24, 2.45) is 0 Å². The number of nitrogens with zero attached hydrogens (tertiary/aromatic N) is 2. The molecule has 0 aliphatic heterocycles. The van der Waals surface area contributed by atoms with Crippen molar-refractivity contribution >= 4 is 6.16 Å². The summed E-state index contributed by atoms with van der Waals surface area (Å²) in [5.41, 5.74) is 11.7. The predicted octanol–water partition coefficient (Wildman–Crippen LogP) is 2.35. The Bertz CT molecular complexity index is 155. The van der Waals surface area contributed by atoms with E-state index < -0.39 is 11.8 Å². The molecule has 0 aromatic heterocycles. The van der Waals surface area contributed by atoms with Crippen LogP contribution < -0.4 is 0 Å². The number of hydrogen-bond acceptors (Lipinski definition) is 3. The molecule has 0 amide bonds. The molecule has 0 rings (SSSR count). The minimum absolute atomic E-state index is 0.578. The van der Waals surface area contributed by atoms with E-state index in [1.807, 2.05) is 0 Å². The molecular weight excluding hydrogens is 150 g/mol. The van der Waals surface area contributed by atoms with Gasteiger partial charge < -0.3 is 9.84 Å². The van der Waals surface area contributed by atoms with E-state index in [-0.39, 0.29) is 0 Å². The van der Waals surface area contributed by atoms with Crippen molar-refractivity contribution in [3.63, 3.8) is 0 Å². The van der Waals surface area contributed by atoms with Crippen molar-refractivity contribution in [2.45, 2.75) is 26.4 Å². The SMILES string of the molecule is CC(C)(C)OC(=O)O.[N-]=[N+]=N. The third-order valence-electron chi connectivity index (χ3n) is 0.393. The third-order valence-corrected chi connectivity index (χ3v) is 0.393. The van der Waals surface area contributed by atoms with E-state index in [1.54, 1.807) is 25.7 Å². The Hall–Kier alpha value is -1.42. The molecule has 0 atom stereocenters. The lowest BCUT2D eigenvalue weighted by atomic mass is 10.2. The standard InChI is InChI=1S/C5H10O3.HN3/c1-5(2,3)8-4(6)7;1-3-2/h1-3H3,(H,6,7);1H. The van der Waals surface area contributed by atoms with Gasteiger partial charge in [0.2, 0.25) is 0 Å². The molecule has 0 fully saturated rings. The van der Waals surface area contributed by atoms with Gasteiger partial charge in [-0.1, -0.05) is 0 Å². The highest BCUT2D eigenvalue weighted by molar-refractivity contribution is 5.57. The molecule has 0 bridgehead atoms. The summed E-state index contributed by atoms with van der Waals surface area (Å²) in [6, 6.07) is 0. The first-order valence-corrected chi connectivity index (χ1v) is 2.76. The summed E-state index contributed by atoms with van der Waals surface area (Å²) < 4.78 is 4.35. The summed E-state index contributed by atoms with van der Waals surface area (Å²) in [6.45, 7) is 5.04. The van der Waals surface area contributed by atoms with Crippen LogP contribution in [-0.2, 0) is 4.74 Å². The third kappa shape index (κ3) is 29.0. The molecule has 0 unspecified atom stereocenters. The zero-order valence-corrected chi connectivity index (χ0v) is 6.66. The molecule has 0 aromatic carbocycles. The van der Waals surface area contributed by atoms with Crippen LogP contribution in [-0.4, -0.2) is 16.9 Å². The molecule has 0 spiro atoms. The smallest absolute Gasteiger partial charge is 0.450 e. The fourth-order valence-corrected chi connectivity index (χ4v) is 0.262. The predicted molar refractivity (Wildman–Crippen MR) is 38.3 cm³/mol. The molecule has 64 valence electrons. The lowest BCUT2D eigenvalue weighted by molar-refractivity contribution is 0.0150. The first-order chi connectivity index (χ1) is 4.83. The lowest BCUT2D eigenvalue weighted by Crippen LogP contribution is -2.22. The Kier molecular flexibility index (Phi) is 5.99. The molecule has 0 aliphatic carbocycles. The van der Waals surface area contributed by atoms with Crippen LogP contribution in [0.5, 0.6) is 0 Å². The Balaban J connectivity index is 0. The van der Waals surface area contributed by atoms with Crippen LogP contribution in [0, 0.1) is 5.53 Å². The van der Waals surface area contributed by atoms with Gasteiger partial charge in [-0.15, -0.1) is 5.53 Å². The topological polar surface area (TPSA) is 107 Å². The number of rotatable bonds is 0. The zero-order valence-electron chi connectivity index (χ0n) is 6.66. The van der Waals surface area contributed by atoms with Gasteiger partial charge in [-0.05, 0) is 31.2 Å². The van der Waals surface area contributed by atoms with Gasteiger partial charge in [-0.3, -0.25) is 0 Å². The Morgan fingerprint density at radius 3 is 1.91 bits per heavy atom. The summed E-state index contributed by atoms with van der Waals surface area (Å²) in [4.78, 5) is 11.5. The molecule has 0 saturated carbocycles. The van der Waals surface area contributed by atoms with Gasteiger partial charge in [-0.2, -0.15) is 0 Å². The van der Waals surface area contributed by atoms with Crippen LogP contribution in [0.3, 0.4) is 0 Å². The monoisotopic (exact) mass is 161 g/mol. The highest BCUT2D eigenvalue weighted by Gasteiger charge is 2.13. The van der Waals surface area contributed by atoms with E-state index >= 15 is 0 Å². The van der Waals surface area contributed by atoms with Crippen LogP contribution in [0.1, 0.15) is 20.8 Å². The van der Waals surface area contributed by atoms with Crippen molar-refractivity contribution < 1.29 is 14.6 Å². The van der Waals surface area contributed by atoms with E-state index in [2.05, 4.69) is 4.74 Å². The van der Waals surface area contributed by atoms with Crippen molar-refractivity contribution in [3.05, 3.63) is 10.4 Å². The van der Waals surface area contributed by atoms with Gasteiger partial charge >= 0.3 is 6.16 Å². The summed E-state index contributed by atoms with van der Waals surface area (Å²) in [5, 5.41) is 8.03. The van der Waals surface area contributed by atoms with Crippen molar-refractivity contribution in [2.75, 3.05) is 0 Å². The summed E-state index contributed by atoms with van der Waals surface area (Å²) in [7, 11) is 0. The average Bonchev–Trinajstić information content (AvgIpc) is 1.57. The van der Waals surface area contributed by atoms with Gasteiger partial charge in [0.15, 0.2) is 0 Å². The molecule has 0 saturated heterocycles. The molecule has 2 N–H and O–H groups in total. The quantitative estimate of drug-likeness (QED) is 0.246. The van der Waals surface area contributed by atoms with E-state index in [1.165, 1.54) is 0 Å². The van der Waals surface area contributed by atoms with Crippen molar-refractivity contribution in [1.29, 1.82) is 5.53 Å². The maximum atomic E-state index is 9.79. The Morgan fingerprint density at radius 1 is 1.64 bits per heavy atom. The second-order valence-electron chi connectivity index (χ2n) is 2.58. The van der Waals surface area contributed by atoms with E-state index in [4.69, 9.17) is 16.2 Å². The molecular formula is C5H11N3O3. The lowest BCUT2D eigenvalue weighted by Gasteiger charge is -2.15. The fourth-order valence-electron chi connectivity index (χ4n) is 0.262. The molecule has 11 heavy (non-hydrogen) atoms. The first-order valence-electron chi connectivity index (χ1n) is 2.76. The minimum Gasteiger partial charge on any atom is -0.450 e. The van der Waals surface area contributed by atoms with Gasteiger partial charge in [0.05, 0.1) is 0 Å². The number of carboxylic acid groups (broad SMARTS) is 1. The molecule has 0 aromatic rings. The Morgan fingerprint density at radius 2 is 1.91 bits per heavy atom. The van der Waals surface area contributed by atoms with E-state index in [0.29, 0.717) is 0 Å². The second kappa shape index (κ2) is 5.37. The highest BCUT2D eigenvalue weighted by Crippen LogP contribution is 2.05. The molecule has 6 nitrogen and oxygen atoms in total. The van der Waals surface area contributed by atoms with Crippen molar-refractivity contribution in [1.82, 2.24) is 0 Å². The van der Waals surface area contributed by atoms with Gasteiger partial charge in [0.1, 0.15) is 5.60 Å². The first kappa shape index (κ1) is 12.3. The summed E-state index contributed by atoms with van der Waals surface area (Å²) in [6.07, 6.45) is -1.22. The zero-order chi connectivity index (χ0) is 9.49. The van der Waals surface area contributed by atoms with Crippen LogP contribution in [0.15, 0.2) is 0 Å². The number of nitrogens with one attached hydrogen (secondary N) is 1. The van der Waals surface area contributed by atoms with Crippen LogP contribution in [0.4, 0.5) is 4.79 Å².